The van der Waals surface area contributed by atoms with E-state index in [9.17, 15) is 5.11 Å². The first-order chi connectivity index (χ1) is 16.5. The lowest BCUT2D eigenvalue weighted by Crippen LogP contribution is -2.33. The number of nitrogens with zero attached hydrogens (tertiary/aromatic N) is 3. The average Bonchev–Trinajstić information content (AvgIpc) is 3.61. The molecule has 4 nitrogen and oxygen atoms in total. The first-order valence-corrected chi connectivity index (χ1v) is 12.3. The van der Waals surface area contributed by atoms with Crippen LogP contribution in [-0.2, 0) is 6.42 Å². The summed E-state index contributed by atoms with van der Waals surface area (Å²) in [4.78, 5) is 10.0. The van der Waals surface area contributed by atoms with Gasteiger partial charge in [-0.3, -0.25) is 14.8 Å². The Balaban J connectivity index is 1.59. The Bertz CT molecular complexity index is 995. The van der Waals surface area contributed by atoms with E-state index in [1.807, 2.05) is 18.2 Å². The van der Waals surface area contributed by atoms with Crippen molar-refractivity contribution in [3.8, 4) is 0 Å². The summed E-state index contributed by atoms with van der Waals surface area (Å²) >= 11 is 0. The minimum Gasteiger partial charge on any atom is -0.394 e. The average molecular weight is 456 g/mol. The highest BCUT2D eigenvalue weighted by molar-refractivity contribution is 6.11. The van der Waals surface area contributed by atoms with Gasteiger partial charge in [0.05, 0.1) is 30.4 Å². The third kappa shape index (κ3) is 5.47. The Kier molecular flexibility index (Phi) is 7.94. The number of aliphatic hydroxyl groups excluding tert-OH is 1. The van der Waals surface area contributed by atoms with Crippen LogP contribution in [0.1, 0.15) is 42.6 Å². The zero-order chi connectivity index (χ0) is 24.1. The Morgan fingerprint density at radius 2 is 1.12 bits per heavy atom. The number of hydrogen-bond donors (Lipinski definition) is 1. The van der Waals surface area contributed by atoms with Crippen molar-refractivity contribution in [2.75, 3.05) is 20.7 Å². The van der Waals surface area contributed by atoms with Crippen LogP contribution in [0.4, 0.5) is 0 Å². The normalized spacial score (nSPS) is 20.3. The highest BCUT2D eigenvalue weighted by Gasteiger charge is 2.53. The standard InChI is InChI=1S/C30H37N3O/c1-22(25-16-10-6-11-17-25)32(3)29-28(31-27(21-34)20-24-14-8-5-9-15-24)30(29)33(4)23(2)26-18-12-7-13-19-26/h5-19,22-23,27,29-30,34H,20-21H2,1-4H3. The van der Waals surface area contributed by atoms with Gasteiger partial charge < -0.3 is 5.11 Å². The number of aliphatic hydroxyl groups is 1. The van der Waals surface area contributed by atoms with Crippen molar-refractivity contribution in [2.45, 2.75) is 50.5 Å². The fraction of sp³-hybridized carbons (Fsp3) is 0.367. The molecule has 1 N–H and O–H groups in total. The van der Waals surface area contributed by atoms with Gasteiger partial charge in [0.2, 0.25) is 0 Å². The summed E-state index contributed by atoms with van der Waals surface area (Å²) in [6, 6.07) is 32.5. The maximum Gasteiger partial charge on any atom is 0.0771 e. The number of hydrogen-bond acceptors (Lipinski definition) is 4. The number of benzene rings is 3. The molecule has 4 rings (SSSR count). The SMILES string of the molecule is CC(c1ccccc1)N(C)C1C(=NC(CO)Cc2ccccc2)C1N(C)C(C)c1ccccc1. The van der Waals surface area contributed by atoms with Gasteiger partial charge in [-0.05, 0) is 51.1 Å². The van der Waals surface area contributed by atoms with Crippen molar-refractivity contribution >= 4 is 5.71 Å². The van der Waals surface area contributed by atoms with Gasteiger partial charge >= 0.3 is 0 Å². The molecule has 1 saturated carbocycles. The quantitative estimate of drug-likeness (QED) is 0.459. The maximum absolute atomic E-state index is 10.2. The van der Waals surface area contributed by atoms with Crippen LogP contribution in [0, 0.1) is 0 Å². The smallest absolute Gasteiger partial charge is 0.0771 e. The van der Waals surface area contributed by atoms with Gasteiger partial charge in [-0.2, -0.15) is 0 Å². The maximum atomic E-state index is 10.2. The van der Waals surface area contributed by atoms with Gasteiger partial charge in [0.1, 0.15) is 0 Å². The number of aliphatic imine (C=N–C) groups is 1. The lowest BCUT2D eigenvalue weighted by atomic mass is 10.1. The summed E-state index contributed by atoms with van der Waals surface area (Å²) < 4.78 is 0. The molecule has 3 aromatic rings. The van der Waals surface area contributed by atoms with Gasteiger partial charge in [-0.1, -0.05) is 91.0 Å². The van der Waals surface area contributed by atoms with Gasteiger partial charge in [0, 0.05) is 12.1 Å². The minimum atomic E-state index is -0.134. The molecule has 4 heteroatoms. The van der Waals surface area contributed by atoms with Crippen molar-refractivity contribution in [1.29, 1.82) is 0 Å². The highest BCUT2D eigenvalue weighted by atomic mass is 16.3. The molecule has 0 saturated heterocycles. The summed E-state index contributed by atoms with van der Waals surface area (Å²) in [5, 5.41) is 10.2. The monoisotopic (exact) mass is 455 g/mol. The summed E-state index contributed by atoms with van der Waals surface area (Å²) in [6.07, 6.45) is 0.746. The lowest BCUT2D eigenvalue weighted by Gasteiger charge is -2.29. The first kappa shape index (κ1) is 24.3. The molecule has 0 radical (unpaired) electrons. The summed E-state index contributed by atoms with van der Waals surface area (Å²) in [5.41, 5.74) is 4.98. The second-order valence-corrected chi connectivity index (χ2v) is 9.47. The van der Waals surface area contributed by atoms with Crippen molar-refractivity contribution in [3.05, 3.63) is 108 Å². The third-order valence-electron chi connectivity index (χ3n) is 7.32. The van der Waals surface area contributed by atoms with Crippen molar-refractivity contribution in [2.24, 2.45) is 4.99 Å². The predicted octanol–water partition coefficient (Wildman–Crippen LogP) is 5.17. The van der Waals surface area contributed by atoms with Gasteiger partial charge in [-0.25, -0.2) is 0 Å². The molecule has 0 heterocycles. The van der Waals surface area contributed by atoms with E-state index in [4.69, 9.17) is 4.99 Å². The highest BCUT2D eigenvalue weighted by Crippen LogP contribution is 2.38. The van der Waals surface area contributed by atoms with Gasteiger partial charge in [-0.15, -0.1) is 0 Å². The van der Waals surface area contributed by atoms with Crippen molar-refractivity contribution in [3.63, 3.8) is 0 Å². The molecule has 1 fully saturated rings. The van der Waals surface area contributed by atoms with Gasteiger partial charge in [0.15, 0.2) is 0 Å². The van der Waals surface area contributed by atoms with E-state index in [1.54, 1.807) is 0 Å². The summed E-state index contributed by atoms with van der Waals surface area (Å²) in [6.45, 7) is 4.57. The zero-order valence-corrected chi connectivity index (χ0v) is 20.8. The molecule has 34 heavy (non-hydrogen) atoms. The Labute approximate surface area is 204 Å². The molecule has 178 valence electrons. The van der Waals surface area contributed by atoms with Crippen molar-refractivity contribution < 1.29 is 5.11 Å². The minimum absolute atomic E-state index is 0.0493. The molecule has 0 spiro atoms. The second kappa shape index (κ2) is 11.1. The van der Waals surface area contributed by atoms with E-state index in [-0.39, 0.29) is 36.8 Å². The lowest BCUT2D eigenvalue weighted by molar-refractivity contribution is 0.186. The number of likely N-dealkylation sites (N-methyl/N-ethyl adjacent to an activating group) is 2. The number of rotatable bonds is 10. The fourth-order valence-corrected chi connectivity index (χ4v) is 4.90. The molecule has 0 aromatic heterocycles. The Hall–Kier alpha value is -2.79. The van der Waals surface area contributed by atoms with E-state index in [0.717, 1.165) is 6.42 Å². The molecular formula is C30H37N3O. The van der Waals surface area contributed by atoms with Crippen LogP contribution in [0.3, 0.4) is 0 Å². The van der Waals surface area contributed by atoms with Crippen LogP contribution in [0.15, 0.2) is 96.0 Å². The molecule has 1 aliphatic rings. The molecule has 5 atom stereocenters. The van der Waals surface area contributed by atoms with E-state index < -0.39 is 0 Å². The van der Waals surface area contributed by atoms with Gasteiger partial charge in [0.25, 0.3) is 0 Å². The predicted molar refractivity (Wildman–Crippen MR) is 141 cm³/mol. The molecular weight excluding hydrogens is 418 g/mol. The van der Waals surface area contributed by atoms with Crippen LogP contribution in [0.2, 0.25) is 0 Å². The van der Waals surface area contributed by atoms with Crippen LogP contribution < -0.4 is 0 Å². The largest absolute Gasteiger partial charge is 0.394 e. The molecule has 0 aliphatic heterocycles. The molecule has 0 amide bonds. The molecule has 3 aromatic carbocycles. The van der Waals surface area contributed by atoms with E-state index in [0.29, 0.717) is 0 Å². The van der Waals surface area contributed by atoms with Crippen LogP contribution in [0.25, 0.3) is 0 Å². The van der Waals surface area contributed by atoms with E-state index in [2.05, 4.69) is 111 Å². The molecule has 0 bridgehead atoms. The zero-order valence-electron chi connectivity index (χ0n) is 20.8. The van der Waals surface area contributed by atoms with Crippen LogP contribution in [0.5, 0.6) is 0 Å². The van der Waals surface area contributed by atoms with Crippen LogP contribution in [-0.4, -0.2) is 59.4 Å². The molecule has 1 aliphatic carbocycles. The first-order valence-electron chi connectivity index (χ1n) is 12.3. The van der Waals surface area contributed by atoms with E-state index >= 15 is 0 Å². The fourth-order valence-electron chi connectivity index (χ4n) is 4.90. The second-order valence-electron chi connectivity index (χ2n) is 9.47. The third-order valence-corrected chi connectivity index (χ3v) is 7.32. The topological polar surface area (TPSA) is 39.1 Å². The summed E-state index contributed by atoms with van der Waals surface area (Å²) in [5.74, 6) is 0. The van der Waals surface area contributed by atoms with Crippen LogP contribution >= 0.6 is 0 Å². The molecule has 5 unspecified atom stereocenters. The van der Waals surface area contributed by atoms with E-state index in [1.165, 1.54) is 22.4 Å². The Morgan fingerprint density at radius 3 is 1.53 bits per heavy atom. The van der Waals surface area contributed by atoms with Crippen molar-refractivity contribution in [1.82, 2.24) is 9.80 Å². The summed E-state index contributed by atoms with van der Waals surface area (Å²) in [7, 11) is 4.40. The Morgan fingerprint density at radius 1 is 0.706 bits per heavy atom.